The van der Waals surface area contributed by atoms with Crippen LogP contribution in [0.1, 0.15) is 16.4 Å². The maximum Gasteiger partial charge on any atom is 0.356 e. The van der Waals surface area contributed by atoms with Crippen LogP contribution in [0.25, 0.3) is 22.0 Å². The van der Waals surface area contributed by atoms with Gasteiger partial charge in [0.15, 0.2) is 17.2 Å². The molecule has 0 saturated carbocycles. The van der Waals surface area contributed by atoms with Crippen LogP contribution in [0.15, 0.2) is 22.6 Å². The summed E-state index contributed by atoms with van der Waals surface area (Å²) in [4.78, 5) is 19.2. The number of aromatic nitrogens is 2. The van der Waals surface area contributed by atoms with Crippen LogP contribution >= 0.6 is 0 Å². The molecule has 6 nitrogen and oxygen atoms in total. The van der Waals surface area contributed by atoms with Crippen LogP contribution < -0.4 is 5.73 Å². The Morgan fingerprint density at radius 3 is 2.78 bits per heavy atom. The van der Waals surface area contributed by atoms with Gasteiger partial charge in [-0.2, -0.15) is 0 Å². The van der Waals surface area contributed by atoms with Crippen molar-refractivity contribution in [3.05, 3.63) is 29.8 Å². The third kappa shape index (κ3) is 1.46. The number of hydrogen-bond acceptors (Lipinski definition) is 5. The summed E-state index contributed by atoms with van der Waals surface area (Å²) >= 11 is 0. The summed E-state index contributed by atoms with van der Waals surface area (Å²) in [7, 11) is 0. The lowest BCUT2D eigenvalue weighted by molar-refractivity contribution is 0.0692. The second kappa shape index (κ2) is 3.43. The number of nitrogens with two attached hydrogens (primary N) is 1. The largest absolute Gasteiger partial charge is 0.476 e. The van der Waals surface area contributed by atoms with Gasteiger partial charge in [-0.3, -0.25) is 0 Å². The van der Waals surface area contributed by atoms with Crippen LogP contribution in [0.2, 0.25) is 0 Å². The van der Waals surface area contributed by atoms with E-state index in [4.69, 9.17) is 15.3 Å². The van der Waals surface area contributed by atoms with Crippen molar-refractivity contribution in [1.29, 1.82) is 0 Å². The molecule has 0 bridgehead atoms. The molecule has 3 aromatic rings. The van der Waals surface area contributed by atoms with E-state index in [-0.39, 0.29) is 11.4 Å². The van der Waals surface area contributed by atoms with Crippen LogP contribution in [0.4, 0.5) is 5.69 Å². The summed E-state index contributed by atoms with van der Waals surface area (Å²) in [6.07, 6.45) is 0. The molecule has 1 aromatic carbocycles. The van der Waals surface area contributed by atoms with Gasteiger partial charge in [0.1, 0.15) is 5.52 Å². The van der Waals surface area contributed by atoms with E-state index in [9.17, 15) is 4.79 Å². The molecule has 6 heteroatoms. The van der Waals surface area contributed by atoms with E-state index in [1.165, 1.54) is 0 Å². The average molecular weight is 243 g/mol. The molecule has 0 fully saturated rings. The monoisotopic (exact) mass is 243 g/mol. The van der Waals surface area contributed by atoms with Crippen molar-refractivity contribution in [2.75, 3.05) is 5.73 Å². The van der Waals surface area contributed by atoms with Crippen molar-refractivity contribution in [3.8, 4) is 0 Å². The molecule has 0 spiro atoms. The van der Waals surface area contributed by atoms with Gasteiger partial charge in [-0.05, 0) is 18.2 Å². The Labute approximate surface area is 101 Å². The van der Waals surface area contributed by atoms with Gasteiger partial charge >= 0.3 is 5.97 Å². The zero-order chi connectivity index (χ0) is 12.9. The lowest BCUT2D eigenvalue weighted by atomic mass is 10.1. The summed E-state index contributed by atoms with van der Waals surface area (Å²) in [6.45, 7) is 1.75. The number of benzene rings is 1. The Bertz CT molecular complexity index is 792. The third-order valence-corrected chi connectivity index (χ3v) is 2.66. The normalized spacial score (nSPS) is 11.2. The zero-order valence-corrected chi connectivity index (χ0v) is 9.47. The number of nitrogen functional groups attached to an aromatic ring is 1. The highest BCUT2D eigenvalue weighted by atomic mass is 16.4. The van der Waals surface area contributed by atoms with Gasteiger partial charge in [0.2, 0.25) is 0 Å². The maximum absolute atomic E-state index is 11.0. The van der Waals surface area contributed by atoms with Gasteiger partial charge in [-0.15, -0.1) is 0 Å². The van der Waals surface area contributed by atoms with E-state index in [1.807, 2.05) is 0 Å². The summed E-state index contributed by atoms with van der Waals surface area (Å²) in [6, 6.07) is 5.01. The zero-order valence-electron chi connectivity index (χ0n) is 9.47. The topological polar surface area (TPSA) is 102 Å². The number of pyridine rings is 1. The third-order valence-electron chi connectivity index (χ3n) is 2.66. The molecule has 0 saturated heterocycles. The summed E-state index contributed by atoms with van der Waals surface area (Å²) in [5.41, 5.74) is 7.43. The fourth-order valence-corrected chi connectivity index (χ4v) is 1.90. The van der Waals surface area contributed by atoms with E-state index in [0.717, 1.165) is 5.39 Å². The Hall–Kier alpha value is -2.63. The molecule has 0 atom stereocenters. The average Bonchev–Trinajstić information content (AvgIpc) is 2.64. The number of oxazole rings is 1. The van der Waals surface area contributed by atoms with Gasteiger partial charge in [0, 0.05) is 12.3 Å². The first-order valence-corrected chi connectivity index (χ1v) is 5.25. The molecule has 2 aromatic heterocycles. The summed E-state index contributed by atoms with van der Waals surface area (Å²) in [5.74, 6) is -0.599. The standard InChI is InChI=1S/C12H9N3O3/c1-5-14-9-4-8-6(3-10(9)18-5)2-7(13)11(15-8)12(16)17/h2-4H,13H2,1H3,(H,16,17). The smallest absolute Gasteiger partial charge is 0.356 e. The van der Waals surface area contributed by atoms with Gasteiger partial charge < -0.3 is 15.3 Å². The van der Waals surface area contributed by atoms with Crippen LogP contribution in [0, 0.1) is 6.92 Å². The Morgan fingerprint density at radius 1 is 1.28 bits per heavy atom. The molecule has 0 radical (unpaired) electrons. The molecule has 0 aliphatic carbocycles. The lowest BCUT2D eigenvalue weighted by Gasteiger charge is -2.02. The SMILES string of the molecule is Cc1nc2cc3nc(C(=O)O)c(N)cc3cc2o1. The first-order chi connectivity index (χ1) is 8.54. The minimum atomic E-state index is -1.15. The molecule has 90 valence electrons. The number of hydrogen-bond donors (Lipinski definition) is 2. The molecule has 3 N–H and O–H groups in total. The predicted molar refractivity (Wildman–Crippen MR) is 65.4 cm³/mol. The number of nitrogens with zero attached hydrogens (tertiary/aromatic N) is 2. The van der Waals surface area contributed by atoms with E-state index < -0.39 is 5.97 Å². The first kappa shape index (κ1) is 10.5. The van der Waals surface area contributed by atoms with E-state index >= 15 is 0 Å². The number of anilines is 1. The molecular weight excluding hydrogens is 234 g/mol. The second-order valence-corrected chi connectivity index (χ2v) is 3.98. The maximum atomic E-state index is 11.0. The molecule has 3 rings (SSSR count). The van der Waals surface area contributed by atoms with Gasteiger partial charge in [0.05, 0.1) is 11.2 Å². The minimum Gasteiger partial charge on any atom is -0.476 e. The minimum absolute atomic E-state index is 0.130. The quantitative estimate of drug-likeness (QED) is 0.677. The first-order valence-electron chi connectivity index (χ1n) is 5.25. The Morgan fingerprint density at radius 2 is 2.06 bits per heavy atom. The van der Waals surface area contributed by atoms with Gasteiger partial charge in [-0.25, -0.2) is 14.8 Å². The van der Waals surface area contributed by atoms with Crippen molar-refractivity contribution in [2.45, 2.75) is 6.92 Å². The summed E-state index contributed by atoms with van der Waals surface area (Å²) in [5, 5.41) is 9.69. The Balaban J connectivity index is 2.39. The van der Waals surface area contributed by atoms with Crippen LogP contribution in [-0.4, -0.2) is 21.0 Å². The Kier molecular flexibility index (Phi) is 2.00. The van der Waals surface area contributed by atoms with E-state index in [0.29, 0.717) is 22.5 Å². The van der Waals surface area contributed by atoms with Gasteiger partial charge in [-0.1, -0.05) is 0 Å². The molecule has 0 aliphatic rings. The highest BCUT2D eigenvalue weighted by Crippen LogP contribution is 2.25. The number of rotatable bonds is 1. The molecule has 2 heterocycles. The number of aryl methyl sites for hydroxylation is 1. The van der Waals surface area contributed by atoms with Crippen LogP contribution in [0.3, 0.4) is 0 Å². The number of aromatic carboxylic acids is 1. The fraction of sp³-hybridized carbons (Fsp3) is 0.0833. The predicted octanol–water partition coefficient (Wildman–Crippen LogP) is 1.96. The van der Waals surface area contributed by atoms with Crippen LogP contribution in [0.5, 0.6) is 0 Å². The molecule has 0 aliphatic heterocycles. The van der Waals surface area contributed by atoms with Crippen molar-refractivity contribution >= 4 is 33.7 Å². The lowest BCUT2D eigenvalue weighted by Crippen LogP contribution is -2.05. The highest BCUT2D eigenvalue weighted by Gasteiger charge is 2.13. The second-order valence-electron chi connectivity index (χ2n) is 3.98. The molecule has 0 amide bonds. The molecule has 0 unspecified atom stereocenters. The van der Waals surface area contributed by atoms with Crippen molar-refractivity contribution in [1.82, 2.24) is 9.97 Å². The number of fused-ring (bicyclic) bond motifs is 2. The van der Waals surface area contributed by atoms with Crippen molar-refractivity contribution in [3.63, 3.8) is 0 Å². The fourth-order valence-electron chi connectivity index (χ4n) is 1.90. The van der Waals surface area contributed by atoms with Crippen molar-refractivity contribution in [2.24, 2.45) is 0 Å². The molecular formula is C12H9N3O3. The van der Waals surface area contributed by atoms with Crippen molar-refractivity contribution < 1.29 is 14.3 Å². The highest BCUT2D eigenvalue weighted by molar-refractivity contribution is 5.99. The molecule has 18 heavy (non-hydrogen) atoms. The number of carboxylic acids is 1. The van der Waals surface area contributed by atoms with E-state index in [1.54, 1.807) is 25.1 Å². The van der Waals surface area contributed by atoms with E-state index in [2.05, 4.69) is 9.97 Å². The summed E-state index contributed by atoms with van der Waals surface area (Å²) < 4.78 is 5.40. The number of carbonyl (C=O) groups is 1. The van der Waals surface area contributed by atoms with Crippen LogP contribution in [-0.2, 0) is 0 Å². The number of carboxylic acid groups (broad SMARTS) is 1. The van der Waals surface area contributed by atoms with Gasteiger partial charge in [0.25, 0.3) is 0 Å².